The van der Waals surface area contributed by atoms with Gasteiger partial charge in [-0.25, -0.2) is 4.98 Å². The Morgan fingerprint density at radius 2 is 2.42 bits per heavy atom. The molecular weight excluding hydrogens is 218 g/mol. The van der Waals surface area contributed by atoms with Gasteiger partial charge in [-0.2, -0.15) is 5.10 Å². The van der Waals surface area contributed by atoms with Crippen molar-refractivity contribution in [3.05, 3.63) is 29.0 Å². The molecule has 4 heteroatoms. The number of pyridine rings is 1. The highest BCUT2D eigenvalue weighted by Crippen LogP contribution is 2.18. The largest absolute Gasteiger partial charge is 0.260 e. The van der Waals surface area contributed by atoms with Crippen molar-refractivity contribution in [2.24, 2.45) is 0 Å². The molecule has 60 valence electrons. The van der Waals surface area contributed by atoms with Crippen LogP contribution in [0.4, 0.5) is 0 Å². The van der Waals surface area contributed by atoms with E-state index in [2.05, 4.69) is 37.7 Å². The van der Waals surface area contributed by atoms with Crippen LogP contribution in [0.2, 0.25) is 0 Å². The Morgan fingerprint density at radius 3 is 3.17 bits per heavy atom. The highest BCUT2D eigenvalue weighted by atomic mass is 79.9. The lowest BCUT2D eigenvalue weighted by Crippen LogP contribution is -1.75. The smallest absolute Gasteiger partial charge is 0.155 e. The Bertz CT molecular complexity index is 433. The molecule has 0 aromatic carbocycles. The van der Waals surface area contributed by atoms with E-state index in [1.807, 2.05) is 6.07 Å². The van der Waals surface area contributed by atoms with Gasteiger partial charge in [0.25, 0.3) is 0 Å². The summed E-state index contributed by atoms with van der Waals surface area (Å²) in [6.07, 6.45) is 3.43. The molecule has 0 aliphatic carbocycles. The molecule has 2 aromatic heterocycles. The van der Waals surface area contributed by atoms with Crippen LogP contribution in [0.15, 0.2) is 23.3 Å². The minimum atomic E-state index is 0.785. The van der Waals surface area contributed by atoms with Gasteiger partial charge in [-0.15, -0.1) is 0 Å². The lowest BCUT2D eigenvalue weighted by Gasteiger charge is -1.89. The van der Waals surface area contributed by atoms with Crippen molar-refractivity contribution < 1.29 is 0 Å². The summed E-state index contributed by atoms with van der Waals surface area (Å²) in [7, 11) is 0. The van der Waals surface area contributed by atoms with Crippen LogP contribution in [0.5, 0.6) is 0 Å². The standard InChI is InChI=1S/C8H6BrN3/c1-2-7-6-3-5(9)4-10-8(6)12-11-7/h2-4H,1H2,(H,10,11,12). The summed E-state index contributed by atoms with van der Waals surface area (Å²) in [5.41, 5.74) is 1.62. The summed E-state index contributed by atoms with van der Waals surface area (Å²) in [5.74, 6) is 0. The molecule has 0 amide bonds. The highest BCUT2D eigenvalue weighted by Gasteiger charge is 2.02. The van der Waals surface area contributed by atoms with Crippen LogP contribution in [-0.4, -0.2) is 15.2 Å². The van der Waals surface area contributed by atoms with Crippen molar-refractivity contribution in [3.8, 4) is 0 Å². The first-order valence-electron chi connectivity index (χ1n) is 3.43. The summed E-state index contributed by atoms with van der Waals surface area (Å²) in [6.45, 7) is 3.66. The number of hydrogen-bond acceptors (Lipinski definition) is 2. The van der Waals surface area contributed by atoms with Crippen LogP contribution < -0.4 is 0 Å². The fourth-order valence-electron chi connectivity index (χ4n) is 1.05. The van der Waals surface area contributed by atoms with Crippen molar-refractivity contribution in [2.45, 2.75) is 0 Å². The van der Waals surface area contributed by atoms with Crippen molar-refractivity contribution in [2.75, 3.05) is 0 Å². The first-order chi connectivity index (χ1) is 5.81. The molecule has 0 aliphatic rings. The Labute approximate surface area is 77.6 Å². The molecule has 2 aromatic rings. The SMILES string of the molecule is C=Cc1n[nH]c2ncc(Br)cc12. The Kier molecular flexibility index (Phi) is 1.69. The average molecular weight is 224 g/mol. The molecule has 0 spiro atoms. The molecule has 12 heavy (non-hydrogen) atoms. The number of aromatic nitrogens is 3. The number of nitrogens with zero attached hydrogens (tertiary/aromatic N) is 2. The lowest BCUT2D eigenvalue weighted by atomic mass is 10.3. The molecule has 0 bridgehead atoms. The van der Waals surface area contributed by atoms with Crippen LogP contribution in [0.3, 0.4) is 0 Å². The van der Waals surface area contributed by atoms with Crippen LogP contribution in [0, 0.1) is 0 Å². The number of hydrogen-bond donors (Lipinski definition) is 1. The predicted octanol–water partition coefficient (Wildman–Crippen LogP) is 2.36. The van der Waals surface area contributed by atoms with E-state index in [0.29, 0.717) is 0 Å². The third-order valence-electron chi connectivity index (χ3n) is 1.61. The summed E-state index contributed by atoms with van der Waals surface area (Å²) < 4.78 is 0.944. The second kappa shape index (κ2) is 2.71. The number of rotatable bonds is 1. The van der Waals surface area contributed by atoms with Crippen LogP contribution in [-0.2, 0) is 0 Å². The Hall–Kier alpha value is -1.16. The van der Waals surface area contributed by atoms with Crippen molar-refractivity contribution in [1.29, 1.82) is 0 Å². The Morgan fingerprint density at radius 1 is 1.58 bits per heavy atom. The monoisotopic (exact) mass is 223 g/mol. The van der Waals surface area contributed by atoms with E-state index in [0.717, 1.165) is 21.2 Å². The predicted molar refractivity (Wildman–Crippen MR) is 51.7 cm³/mol. The third kappa shape index (κ3) is 1.04. The van der Waals surface area contributed by atoms with Gasteiger partial charge in [0, 0.05) is 16.1 Å². The van der Waals surface area contributed by atoms with Gasteiger partial charge in [0.15, 0.2) is 5.65 Å². The molecule has 2 rings (SSSR count). The Balaban J connectivity index is 2.83. The van der Waals surface area contributed by atoms with E-state index in [-0.39, 0.29) is 0 Å². The van der Waals surface area contributed by atoms with Gasteiger partial charge >= 0.3 is 0 Å². The van der Waals surface area contributed by atoms with Crippen molar-refractivity contribution in [3.63, 3.8) is 0 Å². The molecule has 0 saturated carbocycles. The van der Waals surface area contributed by atoms with Gasteiger partial charge in [0.1, 0.15) is 0 Å². The molecular formula is C8H6BrN3. The summed E-state index contributed by atoms with van der Waals surface area (Å²) >= 11 is 3.34. The fourth-order valence-corrected chi connectivity index (χ4v) is 1.38. The van der Waals surface area contributed by atoms with Crippen LogP contribution in [0.1, 0.15) is 5.69 Å². The maximum Gasteiger partial charge on any atom is 0.155 e. The molecule has 0 atom stereocenters. The number of nitrogens with one attached hydrogen (secondary N) is 1. The van der Waals surface area contributed by atoms with E-state index < -0.39 is 0 Å². The number of halogens is 1. The maximum atomic E-state index is 4.14. The minimum Gasteiger partial charge on any atom is -0.260 e. The maximum absolute atomic E-state index is 4.14. The molecule has 0 unspecified atom stereocenters. The van der Waals surface area contributed by atoms with E-state index in [4.69, 9.17) is 0 Å². The summed E-state index contributed by atoms with van der Waals surface area (Å²) in [5, 5.41) is 7.83. The second-order valence-corrected chi connectivity index (χ2v) is 3.28. The molecule has 0 radical (unpaired) electrons. The summed E-state index contributed by atoms with van der Waals surface area (Å²) in [4.78, 5) is 4.14. The number of H-pyrrole nitrogens is 1. The van der Waals surface area contributed by atoms with Crippen LogP contribution in [0.25, 0.3) is 17.1 Å². The van der Waals surface area contributed by atoms with Gasteiger partial charge in [0.05, 0.1) is 5.69 Å². The van der Waals surface area contributed by atoms with Crippen LogP contribution >= 0.6 is 15.9 Å². The van der Waals surface area contributed by atoms with E-state index >= 15 is 0 Å². The molecule has 1 N–H and O–H groups in total. The third-order valence-corrected chi connectivity index (χ3v) is 2.04. The molecule has 2 heterocycles. The fraction of sp³-hybridized carbons (Fsp3) is 0. The van der Waals surface area contributed by atoms with E-state index in [1.54, 1.807) is 12.3 Å². The zero-order chi connectivity index (χ0) is 8.55. The zero-order valence-corrected chi connectivity index (χ0v) is 7.80. The quantitative estimate of drug-likeness (QED) is 0.807. The van der Waals surface area contributed by atoms with Gasteiger partial charge in [-0.1, -0.05) is 6.58 Å². The first-order valence-corrected chi connectivity index (χ1v) is 4.22. The van der Waals surface area contributed by atoms with Gasteiger partial charge in [-0.05, 0) is 28.1 Å². The molecule has 0 saturated heterocycles. The van der Waals surface area contributed by atoms with Crippen molar-refractivity contribution in [1.82, 2.24) is 15.2 Å². The zero-order valence-electron chi connectivity index (χ0n) is 6.21. The second-order valence-electron chi connectivity index (χ2n) is 2.36. The van der Waals surface area contributed by atoms with Gasteiger partial charge in [-0.3, -0.25) is 5.10 Å². The molecule has 0 fully saturated rings. The van der Waals surface area contributed by atoms with Crippen molar-refractivity contribution >= 4 is 33.0 Å². The van der Waals surface area contributed by atoms with Gasteiger partial charge < -0.3 is 0 Å². The number of fused-ring (bicyclic) bond motifs is 1. The number of aromatic amines is 1. The van der Waals surface area contributed by atoms with Gasteiger partial charge in [0.2, 0.25) is 0 Å². The van der Waals surface area contributed by atoms with E-state index in [9.17, 15) is 0 Å². The lowest BCUT2D eigenvalue weighted by molar-refractivity contribution is 1.09. The molecule has 3 nitrogen and oxygen atoms in total. The first kappa shape index (κ1) is 7.49. The molecule has 0 aliphatic heterocycles. The topological polar surface area (TPSA) is 41.6 Å². The normalized spacial score (nSPS) is 10.4. The van der Waals surface area contributed by atoms with E-state index in [1.165, 1.54) is 0 Å². The minimum absolute atomic E-state index is 0.785. The average Bonchev–Trinajstić information content (AvgIpc) is 2.46. The highest BCUT2D eigenvalue weighted by molar-refractivity contribution is 9.10. The summed E-state index contributed by atoms with van der Waals surface area (Å²) in [6, 6.07) is 1.96.